The van der Waals surface area contributed by atoms with E-state index < -0.39 is 0 Å². The van der Waals surface area contributed by atoms with Gasteiger partial charge < -0.3 is 4.90 Å². The van der Waals surface area contributed by atoms with Crippen molar-refractivity contribution in [3.63, 3.8) is 0 Å². The molecule has 0 N–H and O–H groups in total. The predicted molar refractivity (Wildman–Crippen MR) is 264 cm³/mol. The zero-order valence-electron chi connectivity index (χ0n) is 35.2. The minimum absolute atomic E-state index is 0.146. The minimum Gasteiger partial charge on any atom is -0.310 e. The van der Waals surface area contributed by atoms with Crippen molar-refractivity contribution < 1.29 is 0 Å². The van der Waals surface area contributed by atoms with Gasteiger partial charge in [-0.05, 0) is 104 Å². The number of pyridine rings is 1. The lowest BCUT2D eigenvalue weighted by Crippen LogP contribution is -2.16. The van der Waals surface area contributed by atoms with Gasteiger partial charge in [0.2, 0.25) is 0 Å². The average Bonchev–Trinajstić information content (AvgIpc) is 3.86. The number of hydrogen-bond donors (Lipinski definition) is 0. The molecule has 11 aromatic rings. The number of fused-ring (bicyclic) bond motifs is 7. The zero-order chi connectivity index (χ0) is 42.1. The summed E-state index contributed by atoms with van der Waals surface area (Å²) in [5.41, 5.74) is 18.4. The maximum absolute atomic E-state index is 5.51. The molecule has 0 radical (unpaired) electrons. The molecule has 0 bridgehead atoms. The standard InChI is InChI=1S/C60H43N3/c1-60(2)54-25-15-14-24-51(54)52-35-34-50(39-55(52)60)62(48-31-28-41(29-32-48)46-27-26-40-16-12-13-23-45(40)36-46)49-33-30-47-37-56(42-17-6-3-7-18-42)63-59(53(47)38-49)57(43-19-8-4-9-20-43)58(61-63)44-21-10-5-11-22-44/h3-39H,1-2H3. The quantitative estimate of drug-likeness (QED) is 0.160. The summed E-state index contributed by atoms with van der Waals surface area (Å²) >= 11 is 0. The summed E-state index contributed by atoms with van der Waals surface area (Å²) in [6.07, 6.45) is 0. The Kier molecular flexibility index (Phi) is 8.52. The van der Waals surface area contributed by atoms with Gasteiger partial charge in [-0.3, -0.25) is 0 Å². The van der Waals surface area contributed by atoms with Crippen LogP contribution in [0.3, 0.4) is 0 Å². The molecule has 0 saturated carbocycles. The molecule has 9 aromatic carbocycles. The summed E-state index contributed by atoms with van der Waals surface area (Å²) in [4.78, 5) is 2.43. The Balaban J connectivity index is 1.10. The molecule has 1 aliphatic rings. The van der Waals surface area contributed by atoms with Gasteiger partial charge in [0.25, 0.3) is 0 Å². The van der Waals surface area contributed by atoms with E-state index >= 15 is 0 Å². The normalized spacial score (nSPS) is 12.7. The van der Waals surface area contributed by atoms with Crippen LogP contribution in [-0.2, 0) is 5.41 Å². The maximum Gasteiger partial charge on any atom is 0.101 e. The number of benzene rings is 9. The molecule has 2 heterocycles. The van der Waals surface area contributed by atoms with Gasteiger partial charge in [0.05, 0.1) is 11.2 Å². The molecule has 2 aromatic heterocycles. The first-order chi connectivity index (χ1) is 31.0. The van der Waals surface area contributed by atoms with Crippen molar-refractivity contribution in [2.75, 3.05) is 4.90 Å². The SMILES string of the molecule is CC1(C)c2ccccc2-c2ccc(N(c3ccc(-c4ccc5ccccc5c4)cc3)c3ccc4cc(-c5ccccc5)n5nc(-c6ccccc6)c(-c6ccccc6)c5c4c3)cc21. The largest absolute Gasteiger partial charge is 0.310 e. The first-order valence-electron chi connectivity index (χ1n) is 21.8. The van der Waals surface area contributed by atoms with E-state index in [9.17, 15) is 0 Å². The van der Waals surface area contributed by atoms with Crippen LogP contribution in [0.2, 0.25) is 0 Å². The summed E-state index contributed by atoms with van der Waals surface area (Å²) in [5, 5.41) is 10.3. The van der Waals surface area contributed by atoms with Crippen LogP contribution < -0.4 is 4.90 Å². The van der Waals surface area contributed by atoms with Crippen molar-refractivity contribution in [1.29, 1.82) is 0 Å². The molecule has 0 fully saturated rings. The topological polar surface area (TPSA) is 20.5 Å². The first-order valence-corrected chi connectivity index (χ1v) is 21.8. The van der Waals surface area contributed by atoms with Crippen LogP contribution in [0.1, 0.15) is 25.0 Å². The van der Waals surface area contributed by atoms with E-state index in [1.807, 2.05) is 0 Å². The highest BCUT2D eigenvalue weighted by Gasteiger charge is 2.36. The van der Waals surface area contributed by atoms with Crippen molar-refractivity contribution in [2.24, 2.45) is 0 Å². The van der Waals surface area contributed by atoms with Crippen LogP contribution >= 0.6 is 0 Å². The Bertz CT molecular complexity index is 3510. The maximum atomic E-state index is 5.51. The lowest BCUT2D eigenvalue weighted by Gasteiger charge is -2.28. The summed E-state index contributed by atoms with van der Waals surface area (Å²) in [7, 11) is 0. The second-order valence-electron chi connectivity index (χ2n) is 17.2. The number of hydrogen-bond acceptors (Lipinski definition) is 2. The second-order valence-corrected chi connectivity index (χ2v) is 17.2. The highest BCUT2D eigenvalue weighted by Crippen LogP contribution is 2.51. The molecule has 0 saturated heterocycles. The summed E-state index contributed by atoms with van der Waals surface area (Å²) in [5.74, 6) is 0. The lowest BCUT2D eigenvalue weighted by atomic mass is 9.82. The predicted octanol–water partition coefficient (Wildman–Crippen LogP) is 16.1. The minimum atomic E-state index is -0.146. The molecule has 3 heteroatoms. The molecule has 298 valence electrons. The molecule has 0 atom stereocenters. The van der Waals surface area contributed by atoms with E-state index in [2.05, 4.69) is 248 Å². The number of rotatable bonds is 7. The Morgan fingerprint density at radius 2 is 0.968 bits per heavy atom. The monoisotopic (exact) mass is 805 g/mol. The Morgan fingerprint density at radius 1 is 0.397 bits per heavy atom. The van der Waals surface area contributed by atoms with Gasteiger partial charge in [-0.2, -0.15) is 5.10 Å². The van der Waals surface area contributed by atoms with Crippen molar-refractivity contribution in [2.45, 2.75) is 19.3 Å². The smallest absolute Gasteiger partial charge is 0.101 e. The molecule has 3 nitrogen and oxygen atoms in total. The highest BCUT2D eigenvalue weighted by molar-refractivity contribution is 6.10. The Labute approximate surface area is 367 Å². The summed E-state index contributed by atoms with van der Waals surface area (Å²) in [6, 6.07) is 81.6. The lowest BCUT2D eigenvalue weighted by molar-refractivity contribution is 0.660. The fourth-order valence-corrected chi connectivity index (χ4v) is 10.0. The van der Waals surface area contributed by atoms with E-state index in [1.54, 1.807) is 0 Å². The molecule has 63 heavy (non-hydrogen) atoms. The van der Waals surface area contributed by atoms with Gasteiger partial charge in [0.1, 0.15) is 5.69 Å². The van der Waals surface area contributed by atoms with Crippen LogP contribution in [0.25, 0.3) is 83.0 Å². The third-order valence-electron chi connectivity index (χ3n) is 13.2. The van der Waals surface area contributed by atoms with E-state index in [-0.39, 0.29) is 5.41 Å². The van der Waals surface area contributed by atoms with E-state index in [0.717, 1.165) is 67.0 Å². The van der Waals surface area contributed by atoms with Crippen LogP contribution in [0.15, 0.2) is 224 Å². The van der Waals surface area contributed by atoms with Gasteiger partial charge in [-0.1, -0.05) is 190 Å². The first kappa shape index (κ1) is 36.8. The molecular formula is C60H43N3. The third kappa shape index (κ3) is 6.07. The molecule has 0 amide bonds. The van der Waals surface area contributed by atoms with Gasteiger partial charge in [0.15, 0.2) is 0 Å². The van der Waals surface area contributed by atoms with Gasteiger partial charge >= 0.3 is 0 Å². The summed E-state index contributed by atoms with van der Waals surface area (Å²) < 4.78 is 2.18. The molecule has 0 aliphatic heterocycles. The van der Waals surface area contributed by atoms with Crippen molar-refractivity contribution in [1.82, 2.24) is 9.61 Å². The van der Waals surface area contributed by atoms with E-state index in [1.165, 1.54) is 44.2 Å². The van der Waals surface area contributed by atoms with Crippen LogP contribution in [0.4, 0.5) is 17.1 Å². The van der Waals surface area contributed by atoms with E-state index in [0.29, 0.717) is 0 Å². The fourth-order valence-electron chi connectivity index (χ4n) is 10.0. The van der Waals surface area contributed by atoms with Crippen molar-refractivity contribution >= 4 is 44.1 Å². The zero-order valence-corrected chi connectivity index (χ0v) is 35.2. The molecular weight excluding hydrogens is 763 g/mol. The molecule has 0 spiro atoms. The molecule has 1 aliphatic carbocycles. The summed E-state index contributed by atoms with van der Waals surface area (Å²) in [6.45, 7) is 4.71. The highest BCUT2D eigenvalue weighted by atomic mass is 15.2. The second kappa shape index (κ2) is 14.6. The number of nitrogens with zero attached hydrogens (tertiary/aromatic N) is 3. The van der Waals surface area contributed by atoms with Crippen molar-refractivity contribution in [3.05, 3.63) is 236 Å². The van der Waals surface area contributed by atoms with Gasteiger partial charge in [-0.25, -0.2) is 4.52 Å². The van der Waals surface area contributed by atoms with Gasteiger partial charge in [-0.15, -0.1) is 0 Å². The average molecular weight is 806 g/mol. The Morgan fingerprint density at radius 3 is 1.73 bits per heavy atom. The molecule has 0 unspecified atom stereocenters. The molecule has 12 rings (SSSR count). The number of aromatic nitrogens is 2. The fraction of sp³-hybridized carbons (Fsp3) is 0.0500. The van der Waals surface area contributed by atoms with Crippen LogP contribution in [-0.4, -0.2) is 9.61 Å². The van der Waals surface area contributed by atoms with E-state index in [4.69, 9.17) is 5.10 Å². The van der Waals surface area contributed by atoms with Crippen molar-refractivity contribution in [3.8, 4) is 55.9 Å². The van der Waals surface area contributed by atoms with Gasteiger partial charge in [0, 0.05) is 44.6 Å². The third-order valence-corrected chi connectivity index (χ3v) is 13.2. The Hall–Kier alpha value is -8.01. The number of anilines is 3. The van der Waals surface area contributed by atoms with Crippen LogP contribution in [0.5, 0.6) is 0 Å². The van der Waals surface area contributed by atoms with Crippen LogP contribution in [0, 0.1) is 0 Å².